The van der Waals surface area contributed by atoms with Crippen LogP contribution in [0.25, 0.3) is 11.3 Å². The van der Waals surface area contributed by atoms with Crippen LogP contribution in [0.4, 0.5) is 4.39 Å². The van der Waals surface area contributed by atoms with Crippen molar-refractivity contribution in [2.45, 2.75) is 6.42 Å². The summed E-state index contributed by atoms with van der Waals surface area (Å²) in [5.41, 5.74) is 1.01. The molecule has 2 aromatic rings. The van der Waals surface area contributed by atoms with Gasteiger partial charge in [-0.2, -0.15) is 5.26 Å². The van der Waals surface area contributed by atoms with E-state index in [9.17, 15) is 4.39 Å². The van der Waals surface area contributed by atoms with Gasteiger partial charge in [-0.15, -0.1) is 0 Å². The molecule has 1 heterocycles. The highest BCUT2D eigenvalue weighted by Crippen LogP contribution is 2.29. The Kier molecular flexibility index (Phi) is 3.81. The van der Waals surface area contributed by atoms with Crippen molar-refractivity contribution in [1.29, 1.82) is 5.26 Å². The number of hydrogen-bond acceptors (Lipinski definition) is 2. The topological polar surface area (TPSA) is 36.7 Å². The van der Waals surface area contributed by atoms with Gasteiger partial charge in [0, 0.05) is 17.3 Å². The highest BCUT2D eigenvalue weighted by atomic mass is 35.5. The maximum atomic E-state index is 14.1. The first kappa shape index (κ1) is 12.8. The maximum Gasteiger partial charge on any atom is 0.153 e. The molecule has 1 aromatic heterocycles. The normalized spacial score (nSPS) is 10.1. The minimum atomic E-state index is -0.502. The van der Waals surface area contributed by atoms with Crippen molar-refractivity contribution in [2.75, 3.05) is 0 Å². The van der Waals surface area contributed by atoms with Gasteiger partial charge in [0.1, 0.15) is 5.69 Å². The molecule has 0 saturated carbocycles. The van der Waals surface area contributed by atoms with E-state index >= 15 is 0 Å². The van der Waals surface area contributed by atoms with Crippen molar-refractivity contribution < 1.29 is 4.39 Å². The fourth-order valence-corrected chi connectivity index (χ4v) is 1.85. The number of rotatable bonds is 2. The zero-order chi connectivity index (χ0) is 13.1. The van der Waals surface area contributed by atoms with Crippen LogP contribution in [-0.4, -0.2) is 4.98 Å². The summed E-state index contributed by atoms with van der Waals surface area (Å²) < 4.78 is 14.1. The van der Waals surface area contributed by atoms with Crippen LogP contribution in [0, 0.1) is 17.1 Å². The fourth-order valence-electron chi connectivity index (χ4n) is 1.55. The molecule has 0 atom stereocenters. The predicted molar refractivity (Wildman–Crippen MR) is 69.0 cm³/mol. The second kappa shape index (κ2) is 5.34. The van der Waals surface area contributed by atoms with Crippen LogP contribution in [0.1, 0.15) is 5.56 Å². The van der Waals surface area contributed by atoms with E-state index in [1.54, 1.807) is 18.2 Å². The number of nitriles is 1. The monoisotopic (exact) mass is 280 g/mol. The van der Waals surface area contributed by atoms with Gasteiger partial charge in [0.2, 0.25) is 0 Å². The summed E-state index contributed by atoms with van der Waals surface area (Å²) >= 11 is 11.7. The molecule has 18 heavy (non-hydrogen) atoms. The molecule has 0 bridgehead atoms. The Morgan fingerprint density at radius 1 is 1.22 bits per heavy atom. The Morgan fingerprint density at radius 2 is 2.00 bits per heavy atom. The summed E-state index contributed by atoms with van der Waals surface area (Å²) in [5.74, 6) is -0.502. The first-order valence-electron chi connectivity index (χ1n) is 5.09. The molecule has 0 saturated heterocycles. The van der Waals surface area contributed by atoms with Crippen molar-refractivity contribution >= 4 is 23.2 Å². The molecular weight excluding hydrogens is 274 g/mol. The molecule has 0 spiro atoms. The predicted octanol–water partition coefficient (Wildman–Crippen LogP) is 4.26. The summed E-state index contributed by atoms with van der Waals surface area (Å²) in [5, 5.41) is 9.34. The third-order valence-electron chi connectivity index (χ3n) is 2.43. The van der Waals surface area contributed by atoms with Crippen LogP contribution in [0.15, 0.2) is 30.5 Å². The second-order valence-corrected chi connectivity index (χ2v) is 4.41. The van der Waals surface area contributed by atoms with E-state index in [0.29, 0.717) is 21.2 Å². The summed E-state index contributed by atoms with van der Waals surface area (Å²) in [6.07, 6.45) is 1.47. The summed E-state index contributed by atoms with van der Waals surface area (Å²) in [6, 6.07) is 8.16. The highest BCUT2D eigenvalue weighted by molar-refractivity contribution is 6.42. The lowest BCUT2D eigenvalue weighted by molar-refractivity contribution is 0.613. The van der Waals surface area contributed by atoms with E-state index in [0.717, 1.165) is 0 Å². The van der Waals surface area contributed by atoms with Crippen LogP contribution in [-0.2, 0) is 6.42 Å². The number of halogens is 3. The minimum Gasteiger partial charge on any atom is -0.253 e. The first-order valence-corrected chi connectivity index (χ1v) is 5.85. The molecule has 0 aliphatic heterocycles. The van der Waals surface area contributed by atoms with E-state index in [-0.39, 0.29) is 12.1 Å². The van der Waals surface area contributed by atoms with Gasteiger partial charge in [0.05, 0.1) is 22.5 Å². The first-order chi connectivity index (χ1) is 8.63. The quantitative estimate of drug-likeness (QED) is 0.824. The van der Waals surface area contributed by atoms with Crippen molar-refractivity contribution in [3.63, 3.8) is 0 Å². The van der Waals surface area contributed by atoms with Gasteiger partial charge in [-0.05, 0) is 18.2 Å². The number of aromatic nitrogens is 1. The molecule has 0 amide bonds. The van der Waals surface area contributed by atoms with Crippen molar-refractivity contribution in [3.8, 4) is 17.3 Å². The molecule has 0 fully saturated rings. The fraction of sp³-hybridized carbons (Fsp3) is 0.0769. The molecule has 0 radical (unpaired) electrons. The Labute approximate surface area is 114 Å². The van der Waals surface area contributed by atoms with E-state index in [1.807, 2.05) is 6.07 Å². The number of nitrogens with zero attached hydrogens (tertiary/aromatic N) is 2. The Hall–Kier alpha value is -1.63. The lowest BCUT2D eigenvalue weighted by Crippen LogP contribution is -1.95. The van der Waals surface area contributed by atoms with Crippen LogP contribution in [0.2, 0.25) is 10.0 Å². The van der Waals surface area contributed by atoms with Crippen molar-refractivity contribution in [1.82, 2.24) is 4.98 Å². The molecule has 0 aliphatic rings. The molecule has 2 rings (SSSR count). The second-order valence-electron chi connectivity index (χ2n) is 3.60. The molecule has 0 unspecified atom stereocenters. The van der Waals surface area contributed by atoms with E-state index < -0.39 is 5.82 Å². The lowest BCUT2D eigenvalue weighted by Gasteiger charge is -2.06. The molecule has 90 valence electrons. The van der Waals surface area contributed by atoms with Gasteiger partial charge >= 0.3 is 0 Å². The largest absolute Gasteiger partial charge is 0.253 e. The molecule has 0 aliphatic carbocycles. The standard InChI is InChI=1S/C13H7Cl2FN2/c14-10-2-1-9(7-11(10)15)13-12(16)8(3-5-17)4-6-18-13/h1-2,4,6-7H,3H2. The average molecular weight is 281 g/mol. The Balaban J connectivity index is 2.54. The lowest BCUT2D eigenvalue weighted by atomic mass is 10.1. The molecule has 0 N–H and O–H groups in total. The molecule has 5 heteroatoms. The van der Waals surface area contributed by atoms with Crippen molar-refractivity contribution in [3.05, 3.63) is 51.9 Å². The summed E-state index contributed by atoms with van der Waals surface area (Å²) in [6.45, 7) is 0. The van der Waals surface area contributed by atoms with Crippen LogP contribution >= 0.6 is 23.2 Å². The zero-order valence-corrected chi connectivity index (χ0v) is 10.6. The summed E-state index contributed by atoms with van der Waals surface area (Å²) in [4.78, 5) is 3.98. The average Bonchev–Trinajstić information content (AvgIpc) is 2.36. The molecular formula is C13H7Cl2FN2. The third kappa shape index (κ3) is 2.45. The van der Waals surface area contributed by atoms with Gasteiger partial charge in [0.25, 0.3) is 0 Å². The van der Waals surface area contributed by atoms with Crippen molar-refractivity contribution in [2.24, 2.45) is 0 Å². The Morgan fingerprint density at radius 3 is 2.67 bits per heavy atom. The Bertz CT molecular complexity index is 635. The van der Waals surface area contributed by atoms with Crippen LogP contribution < -0.4 is 0 Å². The van der Waals surface area contributed by atoms with E-state index in [1.165, 1.54) is 12.3 Å². The van der Waals surface area contributed by atoms with Gasteiger partial charge in [-0.25, -0.2) is 4.39 Å². The van der Waals surface area contributed by atoms with Gasteiger partial charge in [-0.1, -0.05) is 29.3 Å². The zero-order valence-electron chi connectivity index (χ0n) is 9.12. The third-order valence-corrected chi connectivity index (χ3v) is 3.17. The smallest absolute Gasteiger partial charge is 0.153 e. The van der Waals surface area contributed by atoms with E-state index in [2.05, 4.69) is 4.98 Å². The van der Waals surface area contributed by atoms with E-state index in [4.69, 9.17) is 28.5 Å². The molecule has 1 aromatic carbocycles. The highest BCUT2D eigenvalue weighted by Gasteiger charge is 2.12. The van der Waals surface area contributed by atoms with Gasteiger partial charge in [-0.3, -0.25) is 4.98 Å². The van der Waals surface area contributed by atoms with Gasteiger partial charge < -0.3 is 0 Å². The summed E-state index contributed by atoms with van der Waals surface area (Å²) in [7, 11) is 0. The van der Waals surface area contributed by atoms with Gasteiger partial charge in [0.15, 0.2) is 5.82 Å². The maximum absolute atomic E-state index is 14.1. The number of benzene rings is 1. The minimum absolute atomic E-state index is 0.00265. The van der Waals surface area contributed by atoms with Crippen LogP contribution in [0.5, 0.6) is 0 Å². The SMILES string of the molecule is N#CCc1ccnc(-c2ccc(Cl)c(Cl)c2)c1F. The number of pyridine rings is 1. The van der Waals surface area contributed by atoms with Crippen LogP contribution in [0.3, 0.4) is 0 Å². The molecule has 2 nitrogen and oxygen atoms in total. The number of hydrogen-bond donors (Lipinski definition) is 0.